The molecule has 1 aromatic heterocycles. The summed E-state index contributed by atoms with van der Waals surface area (Å²) in [7, 11) is 0. The maximum Gasteiger partial charge on any atom is 0.223 e. The number of Topliss-reactive ketones (excluding diaryl/α,β-unsaturated/α-hetero) is 1. The molecule has 1 amide bonds. The van der Waals surface area contributed by atoms with Crippen molar-refractivity contribution in [3.8, 4) is 0 Å². The van der Waals surface area contributed by atoms with E-state index in [-0.39, 0.29) is 29.6 Å². The van der Waals surface area contributed by atoms with Gasteiger partial charge in [0.05, 0.1) is 0 Å². The van der Waals surface area contributed by atoms with Gasteiger partial charge in [-0.05, 0) is 37.9 Å². The Morgan fingerprint density at radius 1 is 1.38 bits per heavy atom. The molecule has 2 bridgehead atoms. The standard InChI is InChI=1S/C17H26N4O2S/c1-10(2)15-19-20-17(24)21(15)7-6-18-16(23)13-8-11-4-3-5-12(9-13)14(11)22/h10-13H,3-9H2,1-2H3,(H,18,23)(H,20,24). The number of fused-ring (bicyclic) bond motifs is 2. The van der Waals surface area contributed by atoms with Crippen LogP contribution in [0.5, 0.6) is 0 Å². The molecule has 0 spiro atoms. The zero-order valence-corrected chi connectivity index (χ0v) is 15.2. The van der Waals surface area contributed by atoms with Gasteiger partial charge in [-0.2, -0.15) is 5.10 Å². The van der Waals surface area contributed by atoms with E-state index < -0.39 is 0 Å². The van der Waals surface area contributed by atoms with Crippen molar-refractivity contribution in [2.24, 2.45) is 17.8 Å². The van der Waals surface area contributed by atoms with Crippen LogP contribution in [-0.2, 0) is 16.1 Å². The van der Waals surface area contributed by atoms with Crippen LogP contribution in [0.1, 0.15) is 57.7 Å². The molecule has 1 aromatic rings. The van der Waals surface area contributed by atoms with Gasteiger partial charge in [0, 0.05) is 36.8 Å². The van der Waals surface area contributed by atoms with Crippen LogP contribution in [0.2, 0.25) is 0 Å². The lowest BCUT2D eigenvalue weighted by molar-refractivity contribution is -0.137. The first-order valence-electron chi connectivity index (χ1n) is 8.94. The molecule has 3 rings (SSSR count). The Kier molecular flexibility index (Phi) is 5.18. The summed E-state index contributed by atoms with van der Waals surface area (Å²) < 4.78 is 2.53. The third kappa shape index (κ3) is 3.45. The van der Waals surface area contributed by atoms with Crippen molar-refractivity contribution >= 4 is 23.9 Å². The minimum atomic E-state index is -0.0140. The van der Waals surface area contributed by atoms with Crippen molar-refractivity contribution in [3.63, 3.8) is 0 Å². The van der Waals surface area contributed by atoms with Crippen LogP contribution in [0.4, 0.5) is 0 Å². The molecule has 0 aliphatic heterocycles. The number of H-pyrrole nitrogens is 1. The average Bonchev–Trinajstić information content (AvgIpc) is 2.88. The largest absolute Gasteiger partial charge is 0.354 e. The lowest BCUT2D eigenvalue weighted by atomic mass is 9.67. The first-order valence-corrected chi connectivity index (χ1v) is 9.34. The molecule has 2 N–H and O–H groups in total. The number of aromatic nitrogens is 3. The summed E-state index contributed by atoms with van der Waals surface area (Å²) in [5.74, 6) is 1.88. The Bertz CT molecular complexity index is 662. The molecular formula is C17H26N4O2S. The van der Waals surface area contributed by atoms with Crippen molar-refractivity contribution in [1.82, 2.24) is 20.1 Å². The lowest BCUT2D eigenvalue weighted by Gasteiger charge is -2.36. The van der Waals surface area contributed by atoms with Crippen LogP contribution >= 0.6 is 12.2 Å². The van der Waals surface area contributed by atoms with E-state index >= 15 is 0 Å². The Hall–Kier alpha value is -1.50. The van der Waals surface area contributed by atoms with E-state index in [9.17, 15) is 9.59 Å². The van der Waals surface area contributed by atoms with Gasteiger partial charge in [0.1, 0.15) is 11.6 Å². The molecule has 2 atom stereocenters. The van der Waals surface area contributed by atoms with E-state index in [2.05, 4.69) is 29.4 Å². The van der Waals surface area contributed by atoms with Gasteiger partial charge in [-0.1, -0.05) is 20.3 Å². The fraction of sp³-hybridized carbons (Fsp3) is 0.765. The Morgan fingerprint density at radius 2 is 2.04 bits per heavy atom. The number of ketones is 1. The molecule has 24 heavy (non-hydrogen) atoms. The molecule has 0 saturated heterocycles. The molecule has 2 saturated carbocycles. The molecule has 2 fully saturated rings. The number of hydrogen-bond acceptors (Lipinski definition) is 4. The van der Waals surface area contributed by atoms with Crippen molar-refractivity contribution < 1.29 is 9.59 Å². The average molecular weight is 350 g/mol. The van der Waals surface area contributed by atoms with Crippen LogP contribution in [0.15, 0.2) is 0 Å². The van der Waals surface area contributed by atoms with E-state index in [0.717, 1.165) is 37.9 Å². The maximum atomic E-state index is 12.5. The lowest BCUT2D eigenvalue weighted by Crippen LogP contribution is -2.43. The van der Waals surface area contributed by atoms with Crippen molar-refractivity contribution in [2.45, 2.75) is 58.4 Å². The summed E-state index contributed by atoms with van der Waals surface area (Å²) in [5, 5.41) is 10.1. The Balaban J connectivity index is 1.54. The summed E-state index contributed by atoms with van der Waals surface area (Å²) in [6.07, 6.45) is 4.50. The van der Waals surface area contributed by atoms with E-state index in [1.807, 2.05) is 4.57 Å². The Morgan fingerprint density at radius 3 is 2.67 bits per heavy atom. The highest BCUT2D eigenvalue weighted by molar-refractivity contribution is 7.71. The molecule has 2 aliphatic rings. The molecule has 0 aromatic carbocycles. The van der Waals surface area contributed by atoms with E-state index in [1.165, 1.54) is 0 Å². The number of hydrogen-bond donors (Lipinski definition) is 2. The van der Waals surface area contributed by atoms with E-state index in [1.54, 1.807) is 0 Å². The molecule has 6 nitrogen and oxygen atoms in total. The molecule has 7 heteroatoms. The number of nitrogens with one attached hydrogen (secondary N) is 2. The van der Waals surface area contributed by atoms with Crippen molar-refractivity contribution in [2.75, 3.05) is 6.54 Å². The summed E-state index contributed by atoms with van der Waals surface area (Å²) in [4.78, 5) is 24.6. The van der Waals surface area contributed by atoms with Gasteiger partial charge >= 0.3 is 0 Å². The quantitative estimate of drug-likeness (QED) is 0.800. The Labute approximate surface area is 147 Å². The molecular weight excluding hydrogens is 324 g/mol. The smallest absolute Gasteiger partial charge is 0.223 e. The SMILES string of the molecule is CC(C)c1n[nH]c(=S)n1CCNC(=O)C1CC2CCCC(C1)C2=O. The van der Waals surface area contributed by atoms with Gasteiger partial charge in [-0.15, -0.1) is 0 Å². The van der Waals surface area contributed by atoms with Gasteiger partial charge in [-0.3, -0.25) is 14.7 Å². The second-order valence-electron chi connectivity index (χ2n) is 7.38. The summed E-state index contributed by atoms with van der Waals surface area (Å²) in [6.45, 7) is 5.29. The van der Waals surface area contributed by atoms with Crippen LogP contribution in [0.3, 0.4) is 0 Å². The molecule has 2 unspecified atom stereocenters. The highest BCUT2D eigenvalue weighted by atomic mass is 32.1. The normalized spacial score (nSPS) is 26.6. The van der Waals surface area contributed by atoms with Crippen LogP contribution < -0.4 is 5.32 Å². The van der Waals surface area contributed by atoms with Gasteiger partial charge < -0.3 is 9.88 Å². The highest BCUT2D eigenvalue weighted by Gasteiger charge is 2.41. The number of carbonyl (C=O) groups is 2. The zero-order valence-electron chi connectivity index (χ0n) is 14.4. The van der Waals surface area contributed by atoms with Crippen molar-refractivity contribution in [3.05, 3.63) is 10.6 Å². The first kappa shape index (κ1) is 17.3. The van der Waals surface area contributed by atoms with E-state index in [0.29, 0.717) is 23.6 Å². The van der Waals surface area contributed by atoms with Gasteiger partial charge in [0.2, 0.25) is 5.91 Å². The molecule has 0 radical (unpaired) electrons. The number of nitrogens with zero attached hydrogens (tertiary/aromatic N) is 2. The third-order valence-corrected chi connectivity index (χ3v) is 5.67. The van der Waals surface area contributed by atoms with Gasteiger partial charge in [0.15, 0.2) is 4.77 Å². The molecule has 1 heterocycles. The number of carbonyl (C=O) groups excluding carboxylic acids is 2. The number of amides is 1. The van der Waals surface area contributed by atoms with Gasteiger partial charge in [-0.25, -0.2) is 0 Å². The first-order chi connectivity index (χ1) is 11.5. The fourth-order valence-electron chi connectivity index (χ4n) is 4.12. The van der Waals surface area contributed by atoms with Crippen LogP contribution in [0.25, 0.3) is 0 Å². The topological polar surface area (TPSA) is 79.8 Å². The summed E-state index contributed by atoms with van der Waals surface area (Å²) in [5.41, 5.74) is 0. The van der Waals surface area contributed by atoms with Crippen LogP contribution in [-0.4, -0.2) is 33.0 Å². The third-order valence-electron chi connectivity index (χ3n) is 5.36. The second-order valence-corrected chi connectivity index (χ2v) is 7.77. The summed E-state index contributed by atoms with van der Waals surface area (Å²) >= 11 is 5.26. The second kappa shape index (κ2) is 7.17. The molecule has 132 valence electrons. The van der Waals surface area contributed by atoms with Crippen LogP contribution in [0, 0.1) is 22.5 Å². The van der Waals surface area contributed by atoms with Gasteiger partial charge in [0.25, 0.3) is 0 Å². The van der Waals surface area contributed by atoms with Crippen molar-refractivity contribution in [1.29, 1.82) is 0 Å². The summed E-state index contributed by atoms with van der Waals surface area (Å²) in [6, 6.07) is 0. The predicted octanol–water partition coefficient (Wildman–Crippen LogP) is 2.58. The fourth-order valence-corrected chi connectivity index (χ4v) is 4.35. The highest BCUT2D eigenvalue weighted by Crippen LogP contribution is 2.40. The zero-order chi connectivity index (χ0) is 17.3. The van der Waals surface area contributed by atoms with E-state index in [4.69, 9.17) is 12.2 Å². The predicted molar refractivity (Wildman–Crippen MR) is 93.1 cm³/mol. The minimum absolute atomic E-state index is 0.0140. The monoisotopic (exact) mass is 350 g/mol. The molecule has 2 aliphatic carbocycles. The number of rotatable bonds is 5. The maximum absolute atomic E-state index is 12.5. The minimum Gasteiger partial charge on any atom is -0.354 e. The number of aromatic amines is 1.